The topological polar surface area (TPSA) is 87.3 Å². The van der Waals surface area contributed by atoms with Crippen molar-refractivity contribution in [3.63, 3.8) is 0 Å². The van der Waals surface area contributed by atoms with Crippen molar-refractivity contribution in [2.45, 2.75) is 33.9 Å². The number of ether oxygens (including phenoxy) is 1. The lowest BCUT2D eigenvalue weighted by Crippen LogP contribution is -2.27. The molecule has 1 aliphatic heterocycles. The first kappa shape index (κ1) is 22.3. The highest BCUT2D eigenvalue weighted by atomic mass is 32.1. The van der Waals surface area contributed by atoms with E-state index in [1.54, 1.807) is 6.92 Å². The Morgan fingerprint density at radius 2 is 2.03 bits per heavy atom. The van der Waals surface area contributed by atoms with Crippen LogP contribution in [0.15, 0.2) is 47.3 Å². The van der Waals surface area contributed by atoms with E-state index in [9.17, 15) is 9.59 Å². The van der Waals surface area contributed by atoms with Crippen LogP contribution in [0.4, 0.5) is 5.69 Å². The standard InChI is InChI=1S/C26H26N4O3S/c1-15-8-9-19(16(2)12-15)27-25(32)23-17(3)22-24(31)28-21(29-26(22)34-23)14-30-10-11-33-20-7-5-4-6-18(20)13-30/h4-9,12H,10-11,13-14H2,1-3H3,(H,27,32)(H,28,29,31). The van der Waals surface area contributed by atoms with Crippen LogP contribution in [0.3, 0.4) is 0 Å². The van der Waals surface area contributed by atoms with Crippen molar-refractivity contribution in [3.8, 4) is 5.75 Å². The molecule has 2 aromatic carbocycles. The molecule has 174 valence electrons. The first-order chi connectivity index (χ1) is 16.4. The summed E-state index contributed by atoms with van der Waals surface area (Å²) in [4.78, 5) is 36.9. The number of nitrogens with zero attached hydrogens (tertiary/aromatic N) is 2. The summed E-state index contributed by atoms with van der Waals surface area (Å²) in [6, 6.07) is 13.9. The van der Waals surface area contributed by atoms with Gasteiger partial charge in [-0.2, -0.15) is 0 Å². The quantitative estimate of drug-likeness (QED) is 0.453. The van der Waals surface area contributed by atoms with Crippen molar-refractivity contribution in [3.05, 3.63) is 85.8 Å². The number of hydrogen-bond acceptors (Lipinski definition) is 6. The first-order valence-electron chi connectivity index (χ1n) is 11.2. The number of nitrogens with one attached hydrogen (secondary N) is 2. The number of aryl methyl sites for hydroxylation is 3. The van der Waals surface area contributed by atoms with Gasteiger partial charge in [0.2, 0.25) is 0 Å². The number of H-pyrrole nitrogens is 1. The van der Waals surface area contributed by atoms with E-state index >= 15 is 0 Å². The number of amides is 1. The molecule has 2 aromatic heterocycles. The maximum atomic E-state index is 13.0. The minimum Gasteiger partial charge on any atom is -0.492 e. The van der Waals surface area contributed by atoms with Gasteiger partial charge in [0.25, 0.3) is 11.5 Å². The Balaban J connectivity index is 1.41. The van der Waals surface area contributed by atoms with E-state index in [-0.39, 0.29) is 11.5 Å². The number of para-hydroxylation sites is 1. The average Bonchev–Trinajstić information content (AvgIpc) is 3.00. The van der Waals surface area contributed by atoms with Gasteiger partial charge < -0.3 is 15.0 Å². The summed E-state index contributed by atoms with van der Waals surface area (Å²) in [5.41, 5.74) is 4.44. The summed E-state index contributed by atoms with van der Waals surface area (Å²) in [6.45, 7) is 8.28. The van der Waals surface area contributed by atoms with Crippen LogP contribution in [-0.2, 0) is 13.1 Å². The Bertz CT molecular complexity index is 1460. The second kappa shape index (κ2) is 9.04. The second-order valence-corrected chi connectivity index (χ2v) is 9.69. The van der Waals surface area contributed by atoms with E-state index in [0.717, 1.165) is 34.7 Å². The Morgan fingerprint density at radius 3 is 2.85 bits per heavy atom. The molecule has 7 nitrogen and oxygen atoms in total. The molecule has 0 radical (unpaired) electrons. The highest BCUT2D eigenvalue weighted by Crippen LogP contribution is 2.29. The average molecular weight is 475 g/mol. The van der Waals surface area contributed by atoms with Crippen molar-refractivity contribution < 1.29 is 9.53 Å². The maximum absolute atomic E-state index is 13.0. The minimum absolute atomic E-state index is 0.217. The molecule has 0 saturated heterocycles. The van der Waals surface area contributed by atoms with Crippen LogP contribution >= 0.6 is 11.3 Å². The van der Waals surface area contributed by atoms with Gasteiger partial charge >= 0.3 is 0 Å². The normalized spacial score (nSPS) is 13.9. The number of thiophene rings is 1. The number of aromatic amines is 1. The number of aromatic nitrogens is 2. The molecule has 0 fully saturated rings. The lowest BCUT2D eigenvalue weighted by Gasteiger charge is -2.18. The minimum atomic E-state index is -0.227. The van der Waals surface area contributed by atoms with Crippen molar-refractivity contribution in [1.82, 2.24) is 14.9 Å². The zero-order valence-corrected chi connectivity index (χ0v) is 20.2. The van der Waals surface area contributed by atoms with E-state index in [1.165, 1.54) is 11.3 Å². The summed E-state index contributed by atoms with van der Waals surface area (Å²) in [5.74, 6) is 1.25. The molecule has 0 bridgehead atoms. The molecule has 0 atom stereocenters. The van der Waals surface area contributed by atoms with Crippen molar-refractivity contribution in [2.24, 2.45) is 0 Å². The van der Waals surface area contributed by atoms with Crippen LogP contribution in [-0.4, -0.2) is 33.9 Å². The van der Waals surface area contributed by atoms with E-state index in [0.29, 0.717) is 46.2 Å². The maximum Gasteiger partial charge on any atom is 0.266 e. The SMILES string of the molecule is Cc1ccc(NC(=O)c2sc3nc(CN4CCOc5ccccc5C4)[nH]c(=O)c3c2C)c(C)c1. The predicted molar refractivity (Wildman–Crippen MR) is 135 cm³/mol. The van der Waals surface area contributed by atoms with Gasteiger partial charge in [-0.25, -0.2) is 4.98 Å². The molecule has 0 aliphatic carbocycles. The zero-order valence-electron chi connectivity index (χ0n) is 19.4. The number of fused-ring (bicyclic) bond motifs is 2. The largest absolute Gasteiger partial charge is 0.492 e. The van der Waals surface area contributed by atoms with Gasteiger partial charge in [0.15, 0.2) is 0 Å². The fourth-order valence-electron chi connectivity index (χ4n) is 4.34. The molecule has 0 spiro atoms. The third-order valence-corrected chi connectivity index (χ3v) is 7.28. The van der Waals surface area contributed by atoms with Gasteiger partial charge in [-0.1, -0.05) is 35.9 Å². The molecule has 0 unspecified atom stereocenters. The molecule has 3 heterocycles. The van der Waals surface area contributed by atoms with Crippen LogP contribution in [0.25, 0.3) is 10.2 Å². The van der Waals surface area contributed by atoms with Crippen LogP contribution < -0.4 is 15.6 Å². The predicted octanol–water partition coefficient (Wildman–Crippen LogP) is 4.56. The van der Waals surface area contributed by atoms with Crippen molar-refractivity contribution in [1.29, 1.82) is 0 Å². The molecule has 0 saturated carbocycles. The van der Waals surface area contributed by atoms with Crippen LogP contribution in [0.1, 0.15) is 37.7 Å². The molecule has 1 amide bonds. The lowest BCUT2D eigenvalue weighted by molar-refractivity contribution is 0.103. The zero-order chi connectivity index (χ0) is 23.8. The Labute approximate surface area is 201 Å². The smallest absolute Gasteiger partial charge is 0.266 e. The molecule has 1 aliphatic rings. The monoisotopic (exact) mass is 474 g/mol. The third-order valence-electron chi connectivity index (χ3n) is 6.09. The molecule has 4 aromatic rings. The number of hydrogen-bond donors (Lipinski definition) is 2. The Kier molecular flexibility index (Phi) is 5.93. The van der Waals surface area contributed by atoms with Crippen LogP contribution in [0, 0.1) is 20.8 Å². The molecule has 34 heavy (non-hydrogen) atoms. The van der Waals surface area contributed by atoms with Gasteiger partial charge in [-0.3, -0.25) is 14.5 Å². The van der Waals surface area contributed by atoms with Gasteiger partial charge in [0, 0.05) is 24.3 Å². The summed E-state index contributed by atoms with van der Waals surface area (Å²) >= 11 is 1.26. The fraction of sp³-hybridized carbons (Fsp3) is 0.269. The van der Waals surface area contributed by atoms with Crippen molar-refractivity contribution >= 4 is 33.1 Å². The highest BCUT2D eigenvalue weighted by molar-refractivity contribution is 7.20. The molecule has 5 rings (SSSR count). The lowest BCUT2D eigenvalue weighted by atomic mass is 10.1. The van der Waals surface area contributed by atoms with Gasteiger partial charge in [0.05, 0.1) is 16.8 Å². The third kappa shape index (κ3) is 4.34. The Morgan fingerprint density at radius 1 is 1.21 bits per heavy atom. The van der Waals surface area contributed by atoms with Gasteiger partial charge in [-0.15, -0.1) is 11.3 Å². The molecule has 2 N–H and O–H groups in total. The van der Waals surface area contributed by atoms with Crippen LogP contribution in [0.2, 0.25) is 0 Å². The second-order valence-electron chi connectivity index (χ2n) is 8.69. The van der Waals surface area contributed by atoms with E-state index in [2.05, 4.69) is 21.3 Å². The van der Waals surface area contributed by atoms with Crippen molar-refractivity contribution in [2.75, 3.05) is 18.5 Å². The summed E-state index contributed by atoms with van der Waals surface area (Å²) in [7, 11) is 0. The number of carbonyl (C=O) groups is 1. The fourth-order valence-corrected chi connectivity index (χ4v) is 5.44. The molecular weight excluding hydrogens is 448 g/mol. The van der Waals surface area contributed by atoms with E-state index in [4.69, 9.17) is 9.72 Å². The number of anilines is 1. The molecule has 8 heteroatoms. The van der Waals surface area contributed by atoms with Gasteiger partial charge in [0.1, 0.15) is 23.0 Å². The summed E-state index contributed by atoms with van der Waals surface area (Å²) in [6.07, 6.45) is 0. The van der Waals surface area contributed by atoms with E-state index in [1.807, 2.05) is 50.2 Å². The van der Waals surface area contributed by atoms with Gasteiger partial charge in [-0.05, 0) is 44.0 Å². The number of benzene rings is 2. The summed E-state index contributed by atoms with van der Waals surface area (Å²) < 4.78 is 5.84. The van der Waals surface area contributed by atoms with E-state index < -0.39 is 0 Å². The number of rotatable bonds is 4. The van der Waals surface area contributed by atoms with Crippen LogP contribution in [0.5, 0.6) is 5.75 Å². The molecular formula is C26H26N4O3S. The summed E-state index contributed by atoms with van der Waals surface area (Å²) in [5, 5.41) is 3.46. The number of carbonyl (C=O) groups excluding carboxylic acids is 1. The Hall–Kier alpha value is -3.49. The first-order valence-corrected chi connectivity index (χ1v) is 12.0. The highest BCUT2D eigenvalue weighted by Gasteiger charge is 2.21.